The van der Waals surface area contributed by atoms with E-state index >= 15 is 0 Å². The number of esters is 1. The molecule has 1 aromatic heterocycles. The normalized spacial score (nSPS) is 11.3. The van der Waals surface area contributed by atoms with Gasteiger partial charge in [0.2, 0.25) is 5.75 Å². The molecular formula is C27H30N2O7S. The summed E-state index contributed by atoms with van der Waals surface area (Å²) in [7, 11) is 4.36. The summed E-state index contributed by atoms with van der Waals surface area (Å²) >= 11 is 1.00. The van der Waals surface area contributed by atoms with Crippen LogP contribution in [-0.2, 0) is 4.74 Å². The summed E-state index contributed by atoms with van der Waals surface area (Å²) in [6.45, 7) is 5.35. The molecular weight excluding hydrogens is 496 g/mol. The maximum absolute atomic E-state index is 13.2. The zero-order chi connectivity index (χ0) is 27.1. The van der Waals surface area contributed by atoms with Crippen LogP contribution < -0.4 is 24.8 Å². The van der Waals surface area contributed by atoms with E-state index in [2.05, 4.69) is 10.6 Å². The third-order valence-corrected chi connectivity index (χ3v) is 6.84. The minimum absolute atomic E-state index is 0.130. The summed E-state index contributed by atoms with van der Waals surface area (Å²) in [4.78, 5) is 39.5. The quantitative estimate of drug-likeness (QED) is 0.358. The van der Waals surface area contributed by atoms with Crippen molar-refractivity contribution in [3.05, 3.63) is 69.6 Å². The molecule has 0 aliphatic carbocycles. The number of carbonyl (C=O) groups is 3. The monoisotopic (exact) mass is 526 g/mol. The summed E-state index contributed by atoms with van der Waals surface area (Å²) in [5, 5.41) is 5.91. The molecule has 0 aliphatic heterocycles. The molecule has 0 saturated carbocycles. The van der Waals surface area contributed by atoms with Crippen molar-refractivity contribution >= 4 is 34.1 Å². The SMILES string of the molecule is CCOC(=O)c1c(NC(=O)c2cc(OC)c(OC)c(OC)c2)sc(C(=O)NC(C)c2ccccc2)c1C. The maximum Gasteiger partial charge on any atom is 0.341 e. The van der Waals surface area contributed by atoms with Crippen LogP contribution in [-0.4, -0.2) is 45.7 Å². The summed E-state index contributed by atoms with van der Waals surface area (Å²) < 4.78 is 21.2. The number of anilines is 1. The van der Waals surface area contributed by atoms with Crippen LogP contribution in [0.3, 0.4) is 0 Å². The summed E-state index contributed by atoms with van der Waals surface area (Å²) in [5.41, 5.74) is 1.69. The molecule has 0 aliphatic rings. The highest BCUT2D eigenvalue weighted by molar-refractivity contribution is 7.18. The molecule has 1 heterocycles. The Morgan fingerprint density at radius 3 is 2.11 bits per heavy atom. The van der Waals surface area contributed by atoms with Crippen LogP contribution >= 0.6 is 11.3 Å². The number of carbonyl (C=O) groups excluding carboxylic acids is 3. The van der Waals surface area contributed by atoms with Gasteiger partial charge < -0.3 is 29.6 Å². The minimum atomic E-state index is -0.633. The Morgan fingerprint density at radius 1 is 0.946 bits per heavy atom. The lowest BCUT2D eigenvalue weighted by atomic mass is 10.1. The van der Waals surface area contributed by atoms with Gasteiger partial charge in [0.05, 0.1) is 44.4 Å². The van der Waals surface area contributed by atoms with E-state index < -0.39 is 11.9 Å². The molecule has 2 aromatic carbocycles. The molecule has 1 unspecified atom stereocenters. The van der Waals surface area contributed by atoms with Gasteiger partial charge >= 0.3 is 5.97 Å². The number of nitrogens with one attached hydrogen (secondary N) is 2. The molecule has 9 nitrogen and oxygen atoms in total. The molecule has 2 amide bonds. The fourth-order valence-electron chi connectivity index (χ4n) is 3.74. The molecule has 0 bridgehead atoms. The first-order chi connectivity index (χ1) is 17.7. The van der Waals surface area contributed by atoms with Crippen LogP contribution in [0, 0.1) is 6.92 Å². The van der Waals surface area contributed by atoms with Crippen molar-refractivity contribution in [1.29, 1.82) is 0 Å². The van der Waals surface area contributed by atoms with Crippen molar-refractivity contribution in [2.75, 3.05) is 33.3 Å². The van der Waals surface area contributed by atoms with Gasteiger partial charge in [0.1, 0.15) is 5.00 Å². The minimum Gasteiger partial charge on any atom is -0.493 e. The van der Waals surface area contributed by atoms with Crippen LogP contribution in [0.15, 0.2) is 42.5 Å². The van der Waals surface area contributed by atoms with Gasteiger partial charge in [-0.1, -0.05) is 30.3 Å². The smallest absolute Gasteiger partial charge is 0.341 e. The summed E-state index contributed by atoms with van der Waals surface area (Å²) in [5.74, 6) is -0.586. The van der Waals surface area contributed by atoms with E-state index in [4.69, 9.17) is 18.9 Å². The van der Waals surface area contributed by atoms with E-state index in [0.717, 1.165) is 16.9 Å². The Labute approximate surface area is 219 Å². The van der Waals surface area contributed by atoms with Gasteiger partial charge in [-0.25, -0.2) is 4.79 Å². The van der Waals surface area contributed by atoms with Crippen molar-refractivity contribution in [1.82, 2.24) is 5.32 Å². The fourth-order valence-corrected chi connectivity index (χ4v) is 4.84. The first-order valence-corrected chi connectivity index (χ1v) is 12.3. The average Bonchev–Trinajstić information content (AvgIpc) is 3.23. The maximum atomic E-state index is 13.2. The lowest BCUT2D eigenvalue weighted by Gasteiger charge is -2.14. The molecule has 37 heavy (non-hydrogen) atoms. The van der Waals surface area contributed by atoms with Crippen molar-refractivity contribution in [2.45, 2.75) is 26.8 Å². The van der Waals surface area contributed by atoms with Gasteiger partial charge in [0, 0.05) is 5.56 Å². The van der Waals surface area contributed by atoms with Crippen LogP contribution in [0.2, 0.25) is 0 Å². The highest BCUT2D eigenvalue weighted by Crippen LogP contribution is 2.39. The highest BCUT2D eigenvalue weighted by Gasteiger charge is 2.28. The largest absolute Gasteiger partial charge is 0.493 e. The van der Waals surface area contributed by atoms with Crippen LogP contribution in [0.25, 0.3) is 0 Å². The van der Waals surface area contributed by atoms with E-state index in [1.807, 2.05) is 37.3 Å². The van der Waals surface area contributed by atoms with E-state index in [-0.39, 0.29) is 34.7 Å². The Hall–Kier alpha value is -4.05. The molecule has 10 heteroatoms. The molecule has 196 valence electrons. The van der Waals surface area contributed by atoms with Crippen molar-refractivity contribution in [3.8, 4) is 17.2 Å². The summed E-state index contributed by atoms with van der Waals surface area (Å²) in [6, 6.07) is 12.2. The van der Waals surface area contributed by atoms with Gasteiger partial charge in [-0.05, 0) is 44.0 Å². The van der Waals surface area contributed by atoms with Gasteiger partial charge in [-0.3, -0.25) is 9.59 Å². The lowest BCUT2D eigenvalue weighted by Crippen LogP contribution is -2.26. The lowest BCUT2D eigenvalue weighted by molar-refractivity contribution is 0.0527. The number of hydrogen-bond donors (Lipinski definition) is 2. The molecule has 0 spiro atoms. The van der Waals surface area contributed by atoms with Crippen LogP contribution in [0.1, 0.15) is 61.4 Å². The van der Waals surface area contributed by atoms with E-state index in [1.54, 1.807) is 13.8 Å². The molecule has 3 rings (SSSR count). The van der Waals surface area contributed by atoms with Gasteiger partial charge in [0.15, 0.2) is 11.5 Å². The van der Waals surface area contributed by atoms with Crippen molar-refractivity contribution in [3.63, 3.8) is 0 Å². The summed E-state index contributed by atoms with van der Waals surface area (Å²) in [6.07, 6.45) is 0. The van der Waals surface area contributed by atoms with Crippen molar-refractivity contribution in [2.24, 2.45) is 0 Å². The second kappa shape index (κ2) is 12.3. The molecule has 0 radical (unpaired) electrons. The predicted molar refractivity (Wildman–Crippen MR) is 141 cm³/mol. The molecule has 3 aromatic rings. The average molecular weight is 527 g/mol. The molecule has 1 atom stereocenters. The zero-order valence-electron chi connectivity index (χ0n) is 21.6. The number of thiophene rings is 1. The second-order valence-corrected chi connectivity index (χ2v) is 8.98. The Bertz CT molecular complexity index is 1260. The first-order valence-electron chi connectivity index (χ1n) is 11.5. The Balaban J connectivity index is 1.96. The first kappa shape index (κ1) is 27.5. The number of hydrogen-bond acceptors (Lipinski definition) is 8. The van der Waals surface area contributed by atoms with Gasteiger partial charge in [-0.15, -0.1) is 11.3 Å². The molecule has 0 fully saturated rings. The Kier molecular flexibility index (Phi) is 9.13. The van der Waals surface area contributed by atoms with Gasteiger partial charge in [0.25, 0.3) is 11.8 Å². The number of methoxy groups -OCH3 is 3. The fraction of sp³-hybridized carbons (Fsp3) is 0.296. The van der Waals surface area contributed by atoms with Gasteiger partial charge in [-0.2, -0.15) is 0 Å². The standard InChI is InChI=1S/C27H30N2O7S/c1-7-36-27(32)21-15(2)23(25(31)28-16(3)17-11-9-8-10-12-17)37-26(21)29-24(30)18-13-19(33-4)22(35-6)20(14-18)34-5/h8-14,16H,7H2,1-6H3,(H,28,31)(H,29,30). The van der Waals surface area contributed by atoms with E-state index in [9.17, 15) is 14.4 Å². The van der Waals surface area contributed by atoms with Crippen molar-refractivity contribution < 1.29 is 33.3 Å². The number of rotatable bonds is 10. The molecule has 0 saturated heterocycles. The highest BCUT2D eigenvalue weighted by atomic mass is 32.1. The third-order valence-electron chi connectivity index (χ3n) is 5.63. The predicted octanol–water partition coefficient (Wildman–Crippen LogP) is 5.00. The second-order valence-electron chi connectivity index (χ2n) is 7.95. The number of ether oxygens (including phenoxy) is 4. The van der Waals surface area contributed by atoms with E-state index in [1.165, 1.54) is 33.5 Å². The number of benzene rings is 2. The molecule has 2 N–H and O–H groups in total. The Morgan fingerprint density at radius 2 is 1.57 bits per heavy atom. The van der Waals surface area contributed by atoms with E-state index in [0.29, 0.717) is 27.7 Å². The topological polar surface area (TPSA) is 112 Å². The number of amides is 2. The zero-order valence-corrected chi connectivity index (χ0v) is 22.4. The van der Waals surface area contributed by atoms with Crippen LogP contribution in [0.4, 0.5) is 5.00 Å². The third kappa shape index (κ3) is 6.03. The van der Waals surface area contributed by atoms with Crippen LogP contribution in [0.5, 0.6) is 17.2 Å².